The zero-order chi connectivity index (χ0) is 15.5. The molecule has 0 bridgehead atoms. The lowest BCUT2D eigenvalue weighted by Crippen LogP contribution is -2.36. The molecule has 21 heavy (non-hydrogen) atoms. The maximum Gasteiger partial charge on any atom is 0.134 e. The number of nitrogens with two attached hydrogens (primary N) is 1. The molecule has 0 saturated heterocycles. The third-order valence-corrected chi connectivity index (χ3v) is 4.00. The van der Waals surface area contributed by atoms with Gasteiger partial charge in [0, 0.05) is 16.6 Å². The van der Waals surface area contributed by atoms with Gasteiger partial charge < -0.3 is 10.2 Å². The molecule has 1 aromatic heterocycles. The smallest absolute Gasteiger partial charge is 0.134 e. The van der Waals surface area contributed by atoms with Crippen LogP contribution in [0.2, 0.25) is 0 Å². The van der Waals surface area contributed by atoms with Crippen molar-refractivity contribution in [3.63, 3.8) is 0 Å². The molecule has 2 rings (SSSR count). The van der Waals surface area contributed by atoms with Gasteiger partial charge in [-0.05, 0) is 43.3 Å². The normalized spacial score (nSPS) is 12.1. The van der Waals surface area contributed by atoms with E-state index in [1.165, 1.54) is 0 Å². The molecule has 1 heterocycles. The van der Waals surface area contributed by atoms with Crippen molar-refractivity contribution in [2.45, 2.75) is 20.4 Å². The van der Waals surface area contributed by atoms with Crippen molar-refractivity contribution in [3.8, 4) is 11.3 Å². The second-order valence-electron chi connectivity index (χ2n) is 6.31. The zero-order valence-electron chi connectivity index (χ0n) is 12.9. The average molecular weight is 351 g/mol. The van der Waals surface area contributed by atoms with Crippen LogP contribution in [0.1, 0.15) is 19.6 Å². The van der Waals surface area contributed by atoms with Crippen LogP contribution < -0.4 is 5.73 Å². The Labute approximate surface area is 135 Å². The van der Waals surface area contributed by atoms with Gasteiger partial charge in [-0.25, -0.2) is 0 Å². The molecular formula is C17H23BrN2O. The molecule has 0 radical (unpaired) electrons. The second kappa shape index (κ2) is 6.77. The van der Waals surface area contributed by atoms with Gasteiger partial charge in [-0.1, -0.05) is 41.9 Å². The highest BCUT2D eigenvalue weighted by atomic mass is 79.9. The van der Waals surface area contributed by atoms with Crippen LogP contribution in [0.15, 0.2) is 45.3 Å². The molecule has 3 nitrogen and oxygen atoms in total. The first-order chi connectivity index (χ1) is 9.89. The molecule has 114 valence electrons. The maximum absolute atomic E-state index is 5.94. The number of hydrogen-bond donors (Lipinski definition) is 1. The fourth-order valence-electron chi connectivity index (χ4n) is 2.35. The molecular weight excluding hydrogens is 328 g/mol. The topological polar surface area (TPSA) is 42.4 Å². The molecule has 0 aliphatic heterocycles. The Morgan fingerprint density at radius 2 is 1.81 bits per heavy atom. The highest BCUT2D eigenvalue weighted by Crippen LogP contribution is 2.25. The molecule has 0 aliphatic rings. The monoisotopic (exact) mass is 350 g/mol. The van der Waals surface area contributed by atoms with Gasteiger partial charge in [0.2, 0.25) is 0 Å². The van der Waals surface area contributed by atoms with E-state index in [2.05, 4.69) is 41.7 Å². The summed E-state index contributed by atoms with van der Waals surface area (Å²) in [6, 6.07) is 12.2. The number of hydrogen-bond acceptors (Lipinski definition) is 3. The minimum Gasteiger partial charge on any atom is -0.460 e. The molecule has 0 saturated carbocycles. The number of rotatable bonds is 6. The Hall–Kier alpha value is -1.10. The third kappa shape index (κ3) is 4.70. The van der Waals surface area contributed by atoms with E-state index < -0.39 is 0 Å². The van der Waals surface area contributed by atoms with E-state index in [0.717, 1.165) is 34.6 Å². The van der Waals surface area contributed by atoms with Crippen molar-refractivity contribution in [1.29, 1.82) is 0 Å². The fraction of sp³-hybridized carbons (Fsp3) is 0.412. The predicted octanol–water partition coefficient (Wildman–Crippen LogP) is 4.13. The summed E-state index contributed by atoms with van der Waals surface area (Å²) in [5.74, 6) is 1.88. The van der Waals surface area contributed by atoms with E-state index in [4.69, 9.17) is 10.2 Å². The minimum atomic E-state index is 0.121. The summed E-state index contributed by atoms with van der Waals surface area (Å²) >= 11 is 3.44. The molecule has 2 N–H and O–H groups in total. The Balaban J connectivity index is 2.01. The van der Waals surface area contributed by atoms with Crippen molar-refractivity contribution in [2.75, 3.05) is 20.1 Å². The van der Waals surface area contributed by atoms with Crippen molar-refractivity contribution in [2.24, 2.45) is 11.1 Å². The first-order valence-corrected chi connectivity index (χ1v) is 7.92. The van der Waals surface area contributed by atoms with Gasteiger partial charge >= 0.3 is 0 Å². The van der Waals surface area contributed by atoms with E-state index in [9.17, 15) is 0 Å². The van der Waals surface area contributed by atoms with Crippen molar-refractivity contribution < 1.29 is 4.42 Å². The van der Waals surface area contributed by atoms with E-state index in [1.807, 2.05) is 36.4 Å². The van der Waals surface area contributed by atoms with Crippen molar-refractivity contribution in [1.82, 2.24) is 4.90 Å². The molecule has 0 fully saturated rings. The van der Waals surface area contributed by atoms with Crippen molar-refractivity contribution >= 4 is 15.9 Å². The van der Waals surface area contributed by atoms with Gasteiger partial charge in [0.05, 0.1) is 6.54 Å². The fourth-order valence-corrected chi connectivity index (χ4v) is 2.61. The van der Waals surface area contributed by atoms with Crippen molar-refractivity contribution in [3.05, 3.63) is 46.6 Å². The molecule has 1 aromatic carbocycles. The first-order valence-electron chi connectivity index (χ1n) is 7.13. The Morgan fingerprint density at radius 1 is 1.14 bits per heavy atom. The van der Waals surface area contributed by atoms with Crippen LogP contribution in [-0.2, 0) is 6.54 Å². The molecule has 0 unspecified atom stereocenters. The highest BCUT2D eigenvalue weighted by Gasteiger charge is 2.18. The lowest BCUT2D eigenvalue weighted by Gasteiger charge is -2.28. The Kier molecular flexibility index (Phi) is 5.25. The Morgan fingerprint density at radius 3 is 2.43 bits per heavy atom. The minimum absolute atomic E-state index is 0.121. The van der Waals surface area contributed by atoms with Crippen LogP contribution in [0.3, 0.4) is 0 Å². The summed E-state index contributed by atoms with van der Waals surface area (Å²) in [6.07, 6.45) is 0. The average Bonchev–Trinajstić information content (AvgIpc) is 2.87. The van der Waals surface area contributed by atoms with Crippen LogP contribution in [0.25, 0.3) is 11.3 Å². The SMILES string of the molecule is CN(Cc1ccc(-c2ccc(Br)cc2)o1)CC(C)(C)CN. The van der Waals surface area contributed by atoms with E-state index in [1.54, 1.807) is 0 Å². The molecule has 0 spiro atoms. The largest absolute Gasteiger partial charge is 0.460 e. The highest BCUT2D eigenvalue weighted by molar-refractivity contribution is 9.10. The summed E-state index contributed by atoms with van der Waals surface area (Å²) in [5.41, 5.74) is 7.00. The standard InChI is InChI=1S/C17H23BrN2O/c1-17(2,11-19)12-20(3)10-15-8-9-16(21-15)13-4-6-14(18)7-5-13/h4-9H,10-12,19H2,1-3H3. The van der Waals surface area contributed by atoms with E-state index >= 15 is 0 Å². The first kappa shape index (κ1) is 16.3. The lowest BCUT2D eigenvalue weighted by molar-refractivity contribution is 0.199. The van der Waals surface area contributed by atoms with Gasteiger partial charge in [0.15, 0.2) is 0 Å². The van der Waals surface area contributed by atoms with Gasteiger partial charge in [-0.3, -0.25) is 4.90 Å². The summed E-state index contributed by atoms with van der Waals surface area (Å²) in [5, 5.41) is 0. The third-order valence-electron chi connectivity index (χ3n) is 3.47. The van der Waals surface area contributed by atoms with Crippen LogP contribution in [-0.4, -0.2) is 25.0 Å². The maximum atomic E-state index is 5.94. The number of nitrogens with zero attached hydrogens (tertiary/aromatic N) is 1. The second-order valence-corrected chi connectivity index (χ2v) is 7.23. The van der Waals surface area contributed by atoms with E-state index in [-0.39, 0.29) is 5.41 Å². The summed E-state index contributed by atoms with van der Waals surface area (Å²) in [7, 11) is 2.10. The van der Waals surface area contributed by atoms with Gasteiger partial charge in [0.25, 0.3) is 0 Å². The lowest BCUT2D eigenvalue weighted by atomic mass is 9.93. The number of halogens is 1. The van der Waals surface area contributed by atoms with Gasteiger partial charge in [-0.2, -0.15) is 0 Å². The van der Waals surface area contributed by atoms with E-state index in [0.29, 0.717) is 6.54 Å². The zero-order valence-corrected chi connectivity index (χ0v) is 14.5. The molecule has 0 amide bonds. The summed E-state index contributed by atoms with van der Waals surface area (Å²) in [6.45, 7) is 6.77. The van der Waals surface area contributed by atoms with Crippen LogP contribution in [0, 0.1) is 5.41 Å². The number of benzene rings is 1. The van der Waals surface area contributed by atoms with Crippen LogP contribution >= 0.6 is 15.9 Å². The van der Waals surface area contributed by atoms with Crippen LogP contribution in [0.5, 0.6) is 0 Å². The predicted molar refractivity (Wildman–Crippen MR) is 91.0 cm³/mol. The van der Waals surface area contributed by atoms with Crippen LogP contribution in [0.4, 0.5) is 0 Å². The number of furan rings is 1. The Bertz CT molecular complexity index is 575. The summed E-state index contributed by atoms with van der Waals surface area (Å²) in [4.78, 5) is 2.25. The quantitative estimate of drug-likeness (QED) is 0.851. The molecule has 0 atom stereocenters. The molecule has 2 aromatic rings. The molecule has 4 heteroatoms. The van der Waals surface area contributed by atoms with Gasteiger partial charge in [-0.15, -0.1) is 0 Å². The summed E-state index contributed by atoms with van der Waals surface area (Å²) < 4.78 is 7.01. The van der Waals surface area contributed by atoms with Gasteiger partial charge in [0.1, 0.15) is 11.5 Å². The molecule has 0 aliphatic carbocycles.